The fraction of sp³-hybridized carbons (Fsp3) is 0.500. The van der Waals surface area contributed by atoms with Crippen LogP contribution < -0.4 is 0 Å². The van der Waals surface area contributed by atoms with Crippen molar-refractivity contribution in [1.29, 1.82) is 0 Å². The molecule has 0 aliphatic rings. The molecule has 0 heterocycles. The van der Waals surface area contributed by atoms with Crippen molar-refractivity contribution in [3.05, 3.63) is 34.6 Å². The van der Waals surface area contributed by atoms with E-state index in [0.29, 0.717) is 5.56 Å². The van der Waals surface area contributed by atoms with Crippen LogP contribution in [0.25, 0.3) is 0 Å². The van der Waals surface area contributed by atoms with Crippen molar-refractivity contribution in [2.45, 2.75) is 40.7 Å². The summed E-state index contributed by atoms with van der Waals surface area (Å²) in [6.07, 6.45) is -1.20. The van der Waals surface area contributed by atoms with Gasteiger partial charge in [0, 0.05) is 0 Å². The minimum absolute atomic E-state index is 0.00183. The van der Waals surface area contributed by atoms with Crippen molar-refractivity contribution >= 4 is 5.78 Å². The maximum absolute atomic E-state index is 13.8. The van der Waals surface area contributed by atoms with Gasteiger partial charge in [-0.25, -0.2) is 4.39 Å². The molecular weight excluding hydrogens is 219 g/mol. The minimum atomic E-state index is -1.20. The summed E-state index contributed by atoms with van der Waals surface area (Å²) in [5.41, 5.74) is 0.733. The van der Waals surface area contributed by atoms with E-state index in [9.17, 15) is 14.3 Å². The summed E-state index contributed by atoms with van der Waals surface area (Å²) in [5.74, 6) is -1.11. The van der Waals surface area contributed by atoms with Gasteiger partial charge in [0.25, 0.3) is 0 Å². The van der Waals surface area contributed by atoms with Crippen molar-refractivity contribution in [1.82, 2.24) is 0 Å². The lowest BCUT2D eigenvalue weighted by molar-refractivity contribution is 0.0438. The van der Waals surface area contributed by atoms with E-state index in [1.165, 1.54) is 6.07 Å². The minimum Gasteiger partial charge on any atom is -0.384 e. The van der Waals surface area contributed by atoms with Crippen LogP contribution in [0.3, 0.4) is 0 Å². The predicted octanol–water partition coefficient (Wildman–Crippen LogP) is 3.03. The van der Waals surface area contributed by atoms with Crippen LogP contribution in [0.2, 0.25) is 0 Å². The highest BCUT2D eigenvalue weighted by atomic mass is 19.1. The first-order valence-electron chi connectivity index (χ1n) is 5.63. The molecule has 0 aliphatic carbocycles. The van der Waals surface area contributed by atoms with E-state index in [-0.39, 0.29) is 5.56 Å². The molecule has 3 heteroatoms. The molecule has 1 atom stereocenters. The Morgan fingerprint density at radius 3 is 2.24 bits per heavy atom. The molecule has 0 spiro atoms. The lowest BCUT2D eigenvalue weighted by atomic mass is 9.83. The lowest BCUT2D eigenvalue weighted by Crippen LogP contribution is -2.35. The zero-order valence-electron chi connectivity index (χ0n) is 11.0. The van der Waals surface area contributed by atoms with Crippen molar-refractivity contribution in [2.24, 2.45) is 5.41 Å². The SMILES string of the molecule is Cc1cc(C)c(C(=O)C(O)C(C)(C)C)c(F)c1. The predicted molar refractivity (Wildman–Crippen MR) is 65.7 cm³/mol. The van der Waals surface area contributed by atoms with Crippen LogP contribution in [0.4, 0.5) is 4.39 Å². The average molecular weight is 238 g/mol. The first-order chi connectivity index (χ1) is 7.64. The Hall–Kier alpha value is -1.22. The van der Waals surface area contributed by atoms with Crippen molar-refractivity contribution in [3.63, 3.8) is 0 Å². The number of benzene rings is 1. The zero-order valence-corrected chi connectivity index (χ0v) is 11.0. The molecule has 0 saturated heterocycles. The number of halogens is 1. The summed E-state index contributed by atoms with van der Waals surface area (Å²) in [7, 11) is 0. The third-order valence-corrected chi connectivity index (χ3v) is 2.75. The standard InChI is InChI=1S/C14H19FO2/c1-8-6-9(2)11(10(15)7-8)12(16)13(17)14(3,4)5/h6-7,13,17H,1-5H3. The summed E-state index contributed by atoms with van der Waals surface area (Å²) in [6, 6.07) is 3.06. The second-order valence-electron chi connectivity index (χ2n) is 5.57. The molecule has 0 bridgehead atoms. The van der Waals surface area contributed by atoms with Gasteiger partial charge in [-0.2, -0.15) is 0 Å². The number of aliphatic hydroxyl groups excluding tert-OH is 1. The Morgan fingerprint density at radius 1 is 1.29 bits per heavy atom. The number of ketones is 1. The molecule has 0 radical (unpaired) electrons. The fourth-order valence-corrected chi connectivity index (χ4v) is 1.76. The van der Waals surface area contributed by atoms with Gasteiger partial charge in [-0.1, -0.05) is 26.8 Å². The van der Waals surface area contributed by atoms with E-state index < -0.39 is 23.1 Å². The number of hydrogen-bond acceptors (Lipinski definition) is 2. The van der Waals surface area contributed by atoms with Gasteiger partial charge in [-0.3, -0.25) is 4.79 Å². The third kappa shape index (κ3) is 2.91. The van der Waals surface area contributed by atoms with Crippen molar-refractivity contribution in [2.75, 3.05) is 0 Å². The van der Waals surface area contributed by atoms with Crippen molar-refractivity contribution < 1.29 is 14.3 Å². The van der Waals surface area contributed by atoms with E-state index in [4.69, 9.17) is 0 Å². The number of carbonyl (C=O) groups excluding carboxylic acids is 1. The van der Waals surface area contributed by atoms with Crippen LogP contribution in [-0.4, -0.2) is 17.0 Å². The normalized spacial score (nSPS) is 13.6. The van der Waals surface area contributed by atoms with Crippen LogP contribution in [0, 0.1) is 25.1 Å². The highest BCUT2D eigenvalue weighted by Gasteiger charge is 2.32. The number of Topliss-reactive ketones (excluding diaryl/α,β-unsaturated/α-hetero) is 1. The third-order valence-electron chi connectivity index (χ3n) is 2.75. The molecule has 0 aliphatic heterocycles. The smallest absolute Gasteiger partial charge is 0.195 e. The lowest BCUT2D eigenvalue weighted by Gasteiger charge is -2.25. The number of rotatable bonds is 2. The molecule has 0 saturated carbocycles. The van der Waals surface area contributed by atoms with Gasteiger partial charge in [-0.15, -0.1) is 0 Å². The van der Waals surface area contributed by atoms with Crippen LogP contribution in [0.5, 0.6) is 0 Å². The van der Waals surface area contributed by atoms with Crippen molar-refractivity contribution in [3.8, 4) is 0 Å². The molecule has 94 valence electrons. The Bertz CT molecular complexity index is 421. The highest BCUT2D eigenvalue weighted by molar-refractivity contribution is 6.01. The number of hydrogen-bond donors (Lipinski definition) is 1. The summed E-state index contributed by atoms with van der Waals surface area (Å²) >= 11 is 0. The van der Waals surface area contributed by atoms with Crippen LogP contribution in [0.15, 0.2) is 12.1 Å². The van der Waals surface area contributed by atoms with E-state index in [1.54, 1.807) is 40.7 Å². The van der Waals surface area contributed by atoms with Gasteiger partial charge in [0.2, 0.25) is 0 Å². The monoisotopic (exact) mass is 238 g/mol. The highest BCUT2D eigenvalue weighted by Crippen LogP contribution is 2.25. The molecule has 0 amide bonds. The molecule has 2 nitrogen and oxygen atoms in total. The molecule has 1 rings (SSSR count). The van der Waals surface area contributed by atoms with Crippen LogP contribution in [-0.2, 0) is 0 Å². The van der Waals surface area contributed by atoms with E-state index in [1.807, 2.05) is 0 Å². The summed E-state index contributed by atoms with van der Waals surface area (Å²) in [6.45, 7) is 8.69. The maximum Gasteiger partial charge on any atom is 0.195 e. The maximum atomic E-state index is 13.8. The van der Waals surface area contributed by atoms with Gasteiger partial charge >= 0.3 is 0 Å². The van der Waals surface area contributed by atoms with Gasteiger partial charge < -0.3 is 5.11 Å². The Kier molecular flexibility index (Phi) is 3.72. The molecule has 0 fully saturated rings. The molecule has 1 unspecified atom stereocenters. The number of carbonyl (C=O) groups is 1. The molecule has 1 aromatic carbocycles. The van der Waals surface area contributed by atoms with Gasteiger partial charge in [0.05, 0.1) is 5.56 Å². The van der Waals surface area contributed by atoms with Gasteiger partial charge in [0.15, 0.2) is 5.78 Å². The summed E-state index contributed by atoms with van der Waals surface area (Å²) < 4.78 is 13.8. The van der Waals surface area contributed by atoms with E-state index >= 15 is 0 Å². The largest absolute Gasteiger partial charge is 0.384 e. The van der Waals surface area contributed by atoms with E-state index in [0.717, 1.165) is 5.56 Å². The zero-order chi connectivity index (χ0) is 13.4. The van der Waals surface area contributed by atoms with Crippen LogP contribution >= 0.6 is 0 Å². The first kappa shape index (κ1) is 13.8. The molecule has 17 heavy (non-hydrogen) atoms. The Morgan fingerprint density at radius 2 is 1.82 bits per heavy atom. The second kappa shape index (κ2) is 4.57. The quantitative estimate of drug-likeness (QED) is 0.804. The molecule has 0 aromatic heterocycles. The number of aliphatic hydroxyl groups is 1. The number of aryl methyl sites for hydroxylation is 2. The average Bonchev–Trinajstić information content (AvgIpc) is 2.13. The second-order valence-corrected chi connectivity index (χ2v) is 5.57. The van der Waals surface area contributed by atoms with Gasteiger partial charge in [0.1, 0.15) is 11.9 Å². The molecular formula is C14H19FO2. The van der Waals surface area contributed by atoms with Gasteiger partial charge in [-0.05, 0) is 36.5 Å². The first-order valence-corrected chi connectivity index (χ1v) is 5.63. The fourth-order valence-electron chi connectivity index (χ4n) is 1.76. The van der Waals surface area contributed by atoms with E-state index in [2.05, 4.69) is 0 Å². The molecule has 1 N–H and O–H groups in total. The van der Waals surface area contributed by atoms with Crippen LogP contribution in [0.1, 0.15) is 42.3 Å². The summed E-state index contributed by atoms with van der Waals surface area (Å²) in [4.78, 5) is 12.1. The molecule has 1 aromatic rings. The Balaban J connectivity index is 3.22. The topological polar surface area (TPSA) is 37.3 Å². The Labute approximate surface area is 101 Å². The summed E-state index contributed by atoms with van der Waals surface area (Å²) in [5, 5.41) is 9.91.